The minimum Gasteiger partial charge on any atom is -0.398 e. The molecule has 1 heteroatoms. The van der Waals surface area contributed by atoms with Crippen LogP contribution in [0.25, 0.3) is 16.7 Å². The summed E-state index contributed by atoms with van der Waals surface area (Å²) in [6.45, 7) is 0. The van der Waals surface area contributed by atoms with E-state index in [0.717, 1.165) is 28.8 Å². The van der Waals surface area contributed by atoms with Gasteiger partial charge in [0.1, 0.15) is 0 Å². The number of hydrogen-bond donors (Lipinski definition) is 1. The lowest BCUT2D eigenvalue weighted by atomic mass is 9.66. The molecule has 0 amide bonds. The van der Waals surface area contributed by atoms with Crippen LogP contribution in [0.4, 0.5) is 5.69 Å². The molecule has 0 spiro atoms. The fourth-order valence-electron chi connectivity index (χ4n) is 4.70. The van der Waals surface area contributed by atoms with Crippen molar-refractivity contribution in [2.24, 2.45) is 0 Å². The quantitative estimate of drug-likeness (QED) is 0.359. The number of nitrogen functional groups attached to an aromatic ring is 1. The maximum Gasteiger partial charge on any atom is 0.0445 e. The van der Waals surface area contributed by atoms with Crippen LogP contribution in [0.5, 0.6) is 0 Å². The summed E-state index contributed by atoms with van der Waals surface area (Å²) in [6, 6.07) is 38.2. The monoisotopic (exact) mass is 399 g/mol. The van der Waals surface area contributed by atoms with Crippen molar-refractivity contribution >= 4 is 11.3 Å². The highest BCUT2D eigenvalue weighted by Gasteiger charge is 2.36. The average molecular weight is 400 g/mol. The fraction of sp³-hybridized carbons (Fsp3) is 0.0667. The van der Waals surface area contributed by atoms with Gasteiger partial charge in [0.15, 0.2) is 0 Å². The molecule has 150 valence electrons. The standard InChI is InChI=1S/C30H25N/c31-29-27(24-14-6-2-7-15-24)19-10-20-28(29)30(26-17-8-3-9-18-26)21-11-16-25(22-30)23-12-4-1-5-13-23/h1-21H,22,31H2. The summed E-state index contributed by atoms with van der Waals surface area (Å²) in [5.41, 5.74) is 14.6. The molecule has 1 nitrogen and oxygen atoms in total. The minimum atomic E-state index is -0.323. The van der Waals surface area contributed by atoms with Crippen molar-refractivity contribution in [3.8, 4) is 11.1 Å². The largest absolute Gasteiger partial charge is 0.398 e. The van der Waals surface area contributed by atoms with Gasteiger partial charge in [-0.3, -0.25) is 0 Å². The first kappa shape index (κ1) is 19.1. The number of allylic oxidation sites excluding steroid dienone is 4. The summed E-state index contributed by atoms with van der Waals surface area (Å²) in [4.78, 5) is 0. The number of hydrogen-bond acceptors (Lipinski definition) is 1. The van der Waals surface area contributed by atoms with Gasteiger partial charge in [0, 0.05) is 16.7 Å². The average Bonchev–Trinajstić information content (AvgIpc) is 2.86. The first-order chi connectivity index (χ1) is 15.3. The molecule has 0 saturated carbocycles. The molecule has 1 aliphatic carbocycles. The van der Waals surface area contributed by atoms with E-state index in [4.69, 9.17) is 5.73 Å². The first-order valence-corrected chi connectivity index (χ1v) is 10.7. The summed E-state index contributed by atoms with van der Waals surface area (Å²) in [7, 11) is 0. The van der Waals surface area contributed by atoms with Crippen molar-refractivity contribution in [1.82, 2.24) is 0 Å². The third kappa shape index (κ3) is 3.49. The van der Waals surface area contributed by atoms with Crippen molar-refractivity contribution in [3.05, 3.63) is 144 Å². The number of anilines is 1. The number of para-hydroxylation sites is 1. The summed E-state index contributed by atoms with van der Waals surface area (Å²) in [5, 5.41) is 0. The van der Waals surface area contributed by atoms with Crippen LogP contribution in [0, 0.1) is 0 Å². The highest BCUT2D eigenvalue weighted by molar-refractivity contribution is 5.82. The summed E-state index contributed by atoms with van der Waals surface area (Å²) < 4.78 is 0. The maximum absolute atomic E-state index is 6.90. The van der Waals surface area contributed by atoms with E-state index in [9.17, 15) is 0 Å². The SMILES string of the molecule is Nc1c(-c2ccccc2)cccc1C1(c2ccccc2)C=CC=C(c2ccccc2)C1. The van der Waals surface area contributed by atoms with Gasteiger partial charge in [-0.2, -0.15) is 0 Å². The predicted octanol–water partition coefficient (Wildman–Crippen LogP) is 7.27. The number of nitrogens with two attached hydrogens (primary N) is 1. The van der Waals surface area contributed by atoms with Gasteiger partial charge in [-0.05, 0) is 34.2 Å². The van der Waals surface area contributed by atoms with Gasteiger partial charge in [-0.15, -0.1) is 0 Å². The Morgan fingerprint density at radius 1 is 0.613 bits per heavy atom. The summed E-state index contributed by atoms with van der Waals surface area (Å²) in [6.07, 6.45) is 7.59. The van der Waals surface area contributed by atoms with Crippen LogP contribution < -0.4 is 5.73 Å². The normalized spacial score (nSPS) is 17.9. The second-order valence-corrected chi connectivity index (χ2v) is 8.06. The Morgan fingerprint density at radius 2 is 1.23 bits per heavy atom. The van der Waals surface area contributed by atoms with Crippen LogP contribution in [0.1, 0.15) is 23.1 Å². The van der Waals surface area contributed by atoms with Crippen LogP contribution in [0.3, 0.4) is 0 Å². The Balaban J connectivity index is 1.70. The predicted molar refractivity (Wildman–Crippen MR) is 132 cm³/mol. The molecule has 5 rings (SSSR count). The van der Waals surface area contributed by atoms with E-state index in [1.807, 2.05) is 6.07 Å². The molecule has 2 N–H and O–H groups in total. The molecule has 31 heavy (non-hydrogen) atoms. The molecule has 0 radical (unpaired) electrons. The van der Waals surface area contributed by atoms with E-state index >= 15 is 0 Å². The molecule has 0 bridgehead atoms. The van der Waals surface area contributed by atoms with Gasteiger partial charge in [-0.25, -0.2) is 0 Å². The molecule has 4 aromatic rings. The third-order valence-corrected chi connectivity index (χ3v) is 6.25. The lowest BCUT2D eigenvalue weighted by molar-refractivity contribution is 0.660. The lowest BCUT2D eigenvalue weighted by Crippen LogP contribution is -2.28. The second kappa shape index (κ2) is 8.12. The highest BCUT2D eigenvalue weighted by Crippen LogP contribution is 2.47. The topological polar surface area (TPSA) is 26.0 Å². The van der Waals surface area contributed by atoms with Gasteiger partial charge in [-0.1, -0.05) is 127 Å². The van der Waals surface area contributed by atoms with Crippen molar-refractivity contribution in [1.29, 1.82) is 0 Å². The van der Waals surface area contributed by atoms with Crippen molar-refractivity contribution in [2.75, 3.05) is 5.73 Å². The van der Waals surface area contributed by atoms with E-state index in [1.54, 1.807) is 0 Å². The molecule has 0 saturated heterocycles. The Labute approximate surface area is 184 Å². The molecule has 1 aliphatic rings. The van der Waals surface area contributed by atoms with Crippen molar-refractivity contribution in [3.63, 3.8) is 0 Å². The maximum atomic E-state index is 6.90. The second-order valence-electron chi connectivity index (χ2n) is 8.06. The minimum absolute atomic E-state index is 0.323. The fourth-order valence-corrected chi connectivity index (χ4v) is 4.70. The Morgan fingerprint density at radius 3 is 1.90 bits per heavy atom. The van der Waals surface area contributed by atoms with E-state index in [0.29, 0.717) is 0 Å². The van der Waals surface area contributed by atoms with Crippen LogP contribution in [-0.4, -0.2) is 0 Å². The highest BCUT2D eigenvalue weighted by atomic mass is 14.6. The van der Waals surface area contributed by atoms with Gasteiger partial charge in [0.25, 0.3) is 0 Å². The number of benzene rings is 4. The molecule has 4 aromatic carbocycles. The van der Waals surface area contributed by atoms with E-state index in [1.165, 1.54) is 16.7 Å². The van der Waals surface area contributed by atoms with Gasteiger partial charge < -0.3 is 5.73 Å². The molecular weight excluding hydrogens is 374 g/mol. The first-order valence-electron chi connectivity index (χ1n) is 10.7. The van der Waals surface area contributed by atoms with Gasteiger partial charge in [0.2, 0.25) is 0 Å². The van der Waals surface area contributed by atoms with Gasteiger partial charge in [0.05, 0.1) is 0 Å². The van der Waals surface area contributed by atoms with Crippen LogP contribution in [0.2, 0.25) is 0 Å². The Bertz CT molecular complexity index is 1240. The molecule has 0 aromatic heterocycles. The van der Waals surface area contributed by atoms with Gasteiger partial charge >= 0.3 is 0 Å². The molecule has 1 atom stereocenters. The number of rotatable bonds is 4. The zero-order valence-corrected chi connectivity index (χ0v) is 17.4. The van der Waals surface area contributed by atoms with Crippen LogP contribution in [0.15, 0.2) is 127 Å². The van der Waals surface area contributed by atoms with E-state index in [2.05, 4.69) is 121 Å². The van der Waals surface area contributed by atoms with Crippen LogP contribution in [-0.2, 0) is 5.41 Å². The van der Waals surface area contributed by atoms with Crippen LogP contribution >= 0.6 is 0 Å². The third-order valence-electron chi connectivity index (χ3n) is 6.25. The molecule has 0 fully saturated rings. The van der Waals surface area contributed by atoms with Crippen molar-refractivity contribution < 1.29 is 0 Å². The smallest absolute Gasteiger partial charge is 0.0445 e. The zero-order valence-electron chi connectivity index (χ0n) is 17.4. The zero-order chi connectivity index (χ0) is 21.1. The Kier molecular flexibility index (Phi) is 5.01. The lowest BCUT2D eigenvalue weighted by Gasteiger charge is -2.36. The van der Waals surface area contributed by atoms with Crippen molar-refractivity contribution in [2.45, 2.75) is 11.8 Å². The molecule has 0 aliphatic heterocycles. The summed E-state index contributed by atoms with van der Waals surface area (Å²) in [5.74, 6) is 0. The molecule has 0 heterocycles. The van der Waals surface area contributed by atoms with E-state index < -0.39 is 0 Å². The summed E-state index contributed by atoms with van der Waals surface area (Å²) >= 11 is 0. The Hall–Kier alpha value is -3.84. The van der Waals surface area contributed by atoms with E-state index in [-0.39, 0.29) is 5.41 Å². The molecular formula is C30H25N. The molecule has 1 unspecified atom stereocenters.